The van der Waals surface area contributed by atoms with Gasteiger partial charge < -0.3 is 15.5 Å². The lowest BCUT2D eigenvalue weighted by Gasteiger charge is -2.38. The van der Waals surface area contributed by atoms with Gasteiger partial charge in [0.25, 0.3) is 0 Å². The lowest BCUT2D eigenvalue weighted by Crippen LogP contribution is -2.62. The first kappa shape index (κ1) is 25.9. The van der Waals surface area contributed by atoms with Crippen molar-refractivity contribution in [3.05, 3.63) is 29.6 Å². The minimum Gasteiger partial charge on any atom is -0.336 e. The van der Waals surface area contributed by atoms with E-state index in [9.17, 15) is 32.8 Å². The van der Waals surface area contributed by atoms with Crippen LogP contribution in [0.4, 0.5) is 13.2 Å². The van der Waals surface area contributed by atoms with Crippen LogP contribution in [0.15, 0.2) is 18.3 Å². The van der Waals surface area contributed by atoms with Gasteiger partial charge in [-0.25, -0.2) is 0 Å². The van der Waals surface area contributed by atoms with Gasteiger partial charge in [0.2, 0.25) is 11.8 Å². The number of nitriles is 1. The quantitative estimate of drug-likeness (QED) is 0.651. The molecule has 0 radical (unpaired) electrons. The van der Waals surface area contributed by atoms with Gasteiger partial charge in [0.05, 0.1) is 6.07 Å². The fourth-order valence-corrected chi connectivity index (χ4v) is 5.81. The molecule has 2 heterocycles. The molecule has 2 aliphatic carbocycles. The Kier molecular flexibility index (Phi) is 5.89. The van der Waals surface area contributed by atoms with Crippen molar-refractivity contribution in [1.82, 2.24) is 20.5 Å². The Balaban J connectivity index is 1.60. The van der Waals surface area contributed by atoms with Crippen LogP contribution in [0.3, 0.4) is 0 Å². The number of rotatable bonds is 4. The molecule has 1 aromatic rings. The topological polar surface area (TPSA) is 115 Å². The summed E-state index contributed by atoms with van der Waals surface area (Å²) in [6.45, 7) is 8.80. The summed E-state index contributed by atoms with van der Waals surface area (Å²) in [5.74, 6) is -3.70. The highest BCUT2D eigenvalue weighted by Gasteiger charge is 2.70. The molecule has 3 amide bonds. The van der Waals surface area contributed by atoms with Gasteiger partial charge in [-0.05, 0) is 34.3 Å². The maximum Gasteiger partial charge on any atom is 0.471 e. The smallest absolute Gasteiger partial charge is 0.336 e. The molecule has 5 atom stereocenters. The molecular weight excluding hydrogens is 475 g/mol. The first-order valence-corrected chi connectivity index (χ1v) is 11.9. The van der Waals surface area contributed by atoms with Gasteiger partial charge in [0, 0.05) is 31.3 Å². The largest absolute Gasteiger partial charge is 0.471 e. The maximum absolute atomic E-state index is 13.7. The van der Waals surface area contributed by atoms with E-state index in [1.54, 1.807) is 33.0 Å². The molecule has 1 saturated heterocycles. The monoisotopic (exact) mass is 505 g/mol. The van der Waals surface area contributed by atoms with Crippen molar-refractivity contribution in [2.45, 2.75) is 71.3 Å². The molecule has 2 N–H and O–H groups in total. The van der Waals surface area contributed by atoms with Crippen molar-refractivity contribution >= 4 is 17.7 Å². The van der Waals surface area contributed by atoms with E-state index in [4.69, 9.17) is 0 Å². The van der Waals surface area contributed by atoms with Crippen molar-refractivity contribution in [3.8, 4) is 6.07 Å². The van der Waals surface area contributed by atoms with E-state index in [0.717, 1.165) is 5.56 Å². The Bertz CT molecular complexity index is 1130. The van der Waals surface area contributed by atoms with Gasteiger partial charge in [0.15, 0.2) is 0 Å². The summed E-state index contributed by atoms with van der Waals surface area (Å²) in [6.07, 6.45) is -3.05. The van der Waals surface area contributed by atoms with E-state index >= 15 is 0 Å². The van der Waals surface area contributed by atoms with E-state index in [1.807, 2.05) is 25.2 Å². The zero-order valence-electron chi connectivity index (χ0n) is 20.9. The van der Waals surface area contributed by atoms with Crippen molar-refractivity contribution in [1.29, 1.82) is 5.26 Å². The van der Waals surface area contributed by atoms with Gasteiger partial charge in [-0.3, -0.25) is 19.4 Å². The third-order valence-electron chi connectivity index (χ3n) is 7.93. The second kappa shape index (κ2) is 8.18. The second-order valence-corrected chi connectivity index (χ2v) is 11.8. The molecule has 1 saturated carbocycles. The first-order chi connectivity index (χ1) is 16.5. The third kappa shape index (κ3) is 4.31. The summed E-state index contributed by atoms with van der Waals surface area (Å²) in [5, 5.41) is 14.7. The third-order valence-corrected chi connectivity index (χ3v) is 7.93. The minimum atomic E-state index is -5.15. The van der Waals surface area contributed by atoms with Crippen LogP contribution in [0.25, 0.3) is 0 Å². The number of hydrogen-bond donors (Lipinski definition) is 2. The number of likely N-dealkylation sites (tertiary alicyclic amines) is 1. The SMILES string of the molecule is CC(C)(C)C(NC(=O)C(F)(F)F)C(=O)N1CC2C(C1C(=O)NC1(C#N)Cc3cccnc3C1)C2(C)C. The Morgan fingerprint density at radius 2 is 1.89 bits per heavy atom. The highest BCUT2D eigenvalue weighted by Crippen LogP contribution is 2.65. The van der Waals surface area contributed by atoms with Crippen LogP contribution in [-0.4, -0.2) is 57.9 Å². The van der Waals surface area contributed by atoms with Crippen LogP contribution < -0.4 is 10.6 Å². The number of pyridine rings is 1. The molecule has 3 aliphatic rings. The lowest BCUT2D eigenvalue weighted by molar-refractivity contribution is -0.176. The summed E-state index contributed by atoms with van der Waals surface area (Å²) in [4.78, 5) is 44.6. The van der Waals surface area contributed by atoms with Crippen molar-refractivity contribution < 1.29 is 27.6 Å². The van der Waals surface area contributed by atoms with E-state index < -0.39 is 46.9 Å². The highest BCUT2D eigenvalue weighted by atomic mass is 19.4. The molecule has 2 fully saturated rings. The lowest BCUT2D eigenvalue weighted by atomic mass is 9.85. The summed E-state index contributed by atoms with van der Waals surface area (Å²) >= 11 is 0. The summed E-state index contributed by atoms with van der Waals surface area (Å²) in [7, 11) is 0. The number of alkyl halides is 3. The fourth-order valence-electron chi connectivity index (χ4n) is 5.81. The Hall–Kier alpha value is -3.16. The molecule has 0 bridgehead atoms. The number of carbonyl (C=O) groups is 3. The average molecular weight is 506 g/mol. The molecular formula is C25H30F3N5O3. The van der Waals surface area contributed by atoms with Crippen molar-refractivity contribution in [2.24, 2.45) is 22.7 Å². The number of aromatic nitrogens is 1. The second-order valence-electron chi connectivity index (χ2n) is 11.8. The van der Waals surface area contributed by atoms with E-state index in [1.165, 1.54) is 4.90 Å². The van der Waals surface area contributed by atoms with Gasteiger partial charge in [-0.1, -0.05) is 40.7 Å². The summed E-state index contributed by atoms with van der Waals surface area (Å²) in [6, 6.07) is 3.34. The number of piperidine rings is 1. The maximum atomic E-state index is 13.7. The molecule has 194 valence electrons. The molecule has 4 rings (SSSR count). The van der Waals surface area contributed by atoms with Crippen LogP contribution in [0, 0.1) is 34.0 Å². The summed E-state index contributed by atoms with van der Waals surface area (Å²) < 4.78 is 39.0. The normalized spacial score (nSPS) is 29.0. The van der Waals surface area contributed by atoms with Crippen LogP contribution in [0.2, 0.25) is 0 Å². The summed E-state index contributed by atoms with van der Waals surface area (Å²) in [5.41, 5.74) is -0.954. The van der Waals surface area contributed by atoms with Crippen molar-refractivity contribution in [2.75, 3.05) is 6.54 Å². The highest BCUT2D eigenvalue weighted by molar-refractivity contribution is 5.95. The predicted molar refractivity (Wildman–Crippen MR) is 122 cm³/mol. The number of amides is 3. The molecule has 8 nitrogen and oxygen atoms in total. The molecule has 5 unspecified atom stereocenters. The van der Waals surface area contributed by atoms with Crippen LogP contribution in [0.5, 0.6) is 0 Å². The number of hydrogen-bond acceptors (Lipinski definition) is 5. The van der Waals surface area contributed by atoms with Gasteiger partial charge in [-0.2, -0.15) is 18.4 Å². The fraction of sp³-hybridized carbons (Fsp3) is 0.640. The van der Waals surface area contributed by atoms with Crippen LogP contribution >= 0.6 is 0 Å². The number of halogens is 3. The number of fused-ring (bicyclic) bond motifs is 2. The minimum absolute atomic E-state index is 0.0170. The van der Waals surface area contributed by atoms with Crippen LogP contribution in [-0.2, 0) is 27.2 Å². The van der Waals surface area contributed by atoms with E-state index in [-0.39, 0.29) is 36.6 Å². The average Bonchev–Trinajstić information content (AvgIpc) is 3.13. The molecule has 0 spiro atoms. The van der Waals surface area contributed by atoms with Crippen molar-refractivity contribution in [3.63, 3.8) is 0 Å². The molecule has 1 aliphatic heterocycles. The Morgan fingerprint density at radius 1 is 1.22 bits per heavy atom. The van der Waals surface area contributed by atoms with Gasteiger partial charge >= 0.3 is 12.1 Å². The number of nitrogens with one attached hydrogen (secondary N) is 2. The number of carbonyl (C=O) groups excluding carboxylic acids is 3. The molecule has 11 heteroatoms. The van der Waals surface area contributed by atoms with Gasteiger partial charge in [-0.15, -0.1) is 0 Å². The standard InChI is InChI=1S/C25H30F3N5O3/c1-22(2,3)18(31-21(36)25(26,27)28)20(35)33-11-14-16(23(14,4)5)17(33)19(34)32-24(12-29)9-13-7-6-8-30-15(13)10-24/h6-8,14,16-18H,9-11H2,1-5H3,(H,31,36)(H,32,34). The van der Waals surface area contributed by atoms with Gasteiger partial charge in [0.1, 0.15) is 17.6 Å². The molecule has 36 heavy (non-hydrogen) atoms. The van der Waals surface area contributed by atoms with E-state index in [2.05, 4.69) is 16.4 Å². The first-order valence-electron chi connectivity index (χ1n) is 11.9. The Labute approximate surface area is 207 Å². The predicted octanol–water partition coefficient (Wildman–Crippen LogP) is 2.13. The zero-order chi connectivity index (χ0) is 26.8. The van der Waals surface area contributed by atoms with Crippen LogP contribution in [0.1, 0.15) is 45.9 Å². The zero-order valence-corrected chi connectivity index (χ0v) is 20.9. The Morgan fingerprint density at radius 3 is 2.44 bits per heavy atom. The molecule has 1 aromatic heterocycles. The van der Waals surface area contributed by atoms with E-state index in [0.29, 0.717) is 5.69 Å². The molecule has 0 aromatic carbocycles. The number of nitrogens with zero attached hydrogens (tertiary/aromatic N) is 3.